The molecule has 2 unspecified atom stereocenters. The van der Waals surface area contributed by atoms with E-state index in [4.69, 9.17) is 5.11 Å². The lowest BCUT2D eigenvalue weighted by Gasteiger charge is -2.16. The predicted molar refractivity (Wildman–Crippen MR) is 73.9 cm³/mol. The average Bonchev–Trinajstić information content (AvgIpc) is 2.30. The number of benzene rings is 1. The second-order valence-corrected chi connectivity index (χ2v) is 5.10. The molecule has 0 aliphatic heterocycles. The van der Waals surface area contributed by atoms with Gasteiger partial charge in [-0.3, -0.25) is 9.59 Å². The first-order valence-electron chi connectivity index (χ1n) is 6.46. The molecule has 1 aromatic carbocycles. The molecule has 0 aliphatic rings. The summed E-state index contributed by atoms with van der Waals surface area (Å²) in [4.78, 5) is 22.4. The predicted octanol–water partition coefficient (Wildman–Crippen LogP) is 2.15. The summed E-state index contributed by atoms with van der Waals surface area (Å²) < 4.78 is 0. The Morgan fingerprint density at radius 1 is 1.21 bits per heavy atom. The summed E-state index contributed by atoms with van der Waals surface area (Å²) in [5.41, 5.74) is 2.30. The van der Waals surface area contributed by atoms with E-state index in [1.165, 1.54) is 5.56 Å². The van der Waals surface area contributed by atoms with Crippen LogP contribution in [0.5, 0.6) is 0 Å². The molecule has 19 heavy (non-hydrogen) atoms. The van der Waals surface area contributed by atoms with Crippen molar-refractivity contribution in [2.75, 3.05) is 0 Å². The van der Waals surface area contributed by atoms with E-state index in [2.05, 4.69) is 5.32 Å². The van der Waals surface area contributed by atoms with Gasteiger partial charge in [-0.05, 0) is 25.8 Å². The van der Waals surface area contributed by atoms with Gasteiger partial charge in [-0.2, -0.15) is 0 Å². The third-order valence-electron chi connectivity index (χ3n) is 2.98. The van der Waals surface area contributed by atoms with Crippen LogP contribution in [0.15, 0.2) is 24.3 Å². The fourth-order valence-corrected chi connectivity index (χ4v) is 1.87. The van der Waals surface area contributed by atoms with E-state index in [0.717, 1.165) is 5.56 Å². The van der Waals surface area contributed by atoms with E-state index < -0.39 is 5.97 Å². The zero-order valence-corrected chi connectivity index (χ0v) is 11.6. The number of carbonyl (C=O) groups excluding carboxylic acids is 1. The number of hydrogen-bond acceptors (Lipinski definition) is 2. The lowest BCUT2D eigenvalue weighted by Crippen LogP contribution is -2.38. The first kappa shape index (κ1) is 15.2. The molecule has 0 radical (unpaired) electrons. The third-order valence-corrected chi connectivity index (χ3v) is 2.98. The van der Waals surface area contributed by atoms with Gasteiger partial charge in [0.2, 0.25) is 5.91 Å². The summed E-state index contributed by atoms with van der Waals surface area (Å²) in [7, 11) is 0. The van der Waals surface area contributed by atoms with Crippen LogP contribution >= 0.6 is 0 Å². The van der Waals surface area contributed by atoms with Crippen LogP contribution in [0.25, 0.3) is 0 Å². The molecule has 0 saturated carbocycles. The number of amides is 1. The highest BCUT2D eigenvalue weighted by Gasteiger charge is 2.17. The van der Waals surface area contributed by atoms with Crippen LogP contribution in [-0.2, 0) is 16.0 Å². The Kier molecular flexibility index (Phi) is 5.55. The van der Waals surface area contributed by atoms with Gasteiger partial charge < -0.3 is 10.4 Å². The van der Waals surface area contributed by atoms with Crippen molar-refractivity contribution in [3.63, 3.8) is 0 Å². The SMILES string of the molecule is Cc1ccc(CC(C)C(=O)NC(C)CC(=O)O)cc1. The molecule has 0 spiro atoms. The van der Waals surface area contributed by atoms with Gasteiger partial charge >= 0.3 is 5.97 Å². The molecule has 0 aromatic heterocycles. The van der Waals surface area contributed by atoms with Crippen molar-refractivity contribution in [1.82, 2.24) is 5.32 Å². The first-order valence-corrected chi connectivity index (χ1v) is 6.46. The second-order valence-electron chi connectivity index (χ2n) is 5.10. The molecule has 4 nitrogen and oxygen atoms in total. The summed E-state index contributed by atoms with van der Waals surface area (Å²) in [5, 5.41) is 11.4. The van der Waals surface area contributed by atoms with Crippen LogP contribution in [-0.4, -0.2) is 23.0 Å². The van der Waals surface area contributed by atoms with Crippen LogP contribution in [0.2, 0.25) is 0 Å². The number of nitrogens with one attached hydrogen (secondary N) is 1. The van der Waals surface area contributed by atoms with Crippen molar-refractivity contribution in [3.05, 3.63) is 35.4 Å². The number of rotatable bonds is 6. The third kappa shape index (κ3) is 5.55. The summed E-state index contributed by atoms with van der Waals surface area (Å²) in [6.45, 7) is 5.57. The van der Waals surface area contributed by atoms with Gasteiger partial charge in [-0.15, -0.1) is 0 Å². The normalized spacial score (nSPS) is 13.6. The van der Waals surface area contributed by atoms with E-state index in [1.807, 2.05) is 38.1 Å². The topological polar surface area (TPSA) is 66.4 Å². The molecule has 4 heteroatoms. The van der Waals surface area contributed by atoms with Gasteiger partial charge in [0, 0.05) is 12.0 Å². The smallest absolute Gasteiger partial charge is 0.305 e. The van der Waals surface area contributed by atoms with Gasteiger partial charge in [0.15, 0.2) is 0 Å². The van der Waals surface area contributed by atoms with Crippen LogP contribution in [0.3, 0.4) is 0 Å². The fraction of sp³-hybridized carbons (Fsp3) is 0.467. The molecule has 1 amide bonds. The molecule has 0 fully saturated rings. The number of carboxylic acids is 1. The van der Waals surface area contributed by atoms with Crippen molar-refractivity contribution >= 4 is 11.9 Å². The average molecular weight is 263 g/mol. The van der Waals surface area contributed by atoms with Crippen LogP contribution in [0.4, 0.5) is 0 Å². The van der Waals surface area contributed by atoms with E-state index in [-0.39, 0.29) is 24.3 Å². The van der Waals surface area contributed by atoms with Crippen molar-refractivity contribution in [3.8, 4) is 0 Å². The Bertz CT molecular complexity index is 439. The highest BCUT2D eigenvalue weighted by molar-refractivity contribution is 5.79. The molecular weight excluding hydrogens is 242 g/mol. The van der Waals surface area contributed by atoms with E-state index in [0.29, 0.717) is 6.42 Å². The minimum Gasteiger partial charge on any atom is -0.481 e. The van der Waals surface area contributed by atoms with Crippen molar-refractivity contribution in [2.45, 2.75) is 39.7 Å². The molecule has 0 saturated heterocycles. The molecule has 2 N–H and O–H groups in total. The number of carboxylic acid groups (broad SMARTS) is 1. The van der Waals surface area contributed by atoms with E-state index in [9.17, 15) is 9.59 Å². The number of carbonyl (C=O) groups is 2. The lowest BCUT2D eigenvalue weighted by molar-refractivity contribution is -0.137. The molecule has 104 valence electrons. The molecule has 0 heterocycles. The highest BCUT2D eigenvalue weighted by Crippen LogP contribution is 2.10. The monoisotopic (exact) mass is 263 g/mol. The van der Waals surface area contributed by atoms with Gasteiger partial charge in [-0.25, -0.2) is 0 Å². The summed E-state index contributed by atoms with van der Waals surface area (Å²) in [6.07, 6.45) is 0.606. The largest absolute Gasteiger partial charge is 0.481 e. The number of aryl methyl sites for hydroxylation is 1. The lowest BCUT2D eigenvalue weighted by atomic mass is 9.99. The second kappa shape index (κ2) is 6.92. The van der Waals surface area contributed by atoms with Crippen LogP contribution < -0.4 is 5.32 Å². The Labute approximate surface area is 113 Å². The summed E-state index contributed by atoms with van der Waals surface area (Å²) in [5.74, 6) is -1.17. The molecule has 2 atom stereocenters. The Balaban J connectivity index is 2.48. The Morgan fingerprint density at radius 2 is 1.79 bits per heavy atom. The van der Waals surface area contributed by atoms with Gasteiger partial charge in [0.1, 0.15) is 0 Å². The highest BCUT2D eigenvalue weighted by atomic mass is 16.4. The maximum atomic E-state index is 11.9. The Morgan fingerprint density at radius 3 is 2.32 bits per heavy atom. The molecule has 0 aliphatic carbocycles. The minimum atomic E-state index is -0.904. The van der Waals surface area contributed by atoms with Gasteiger partial charge in [0.25, 0.3) is 0 Å². The molecule has 0 bridgehead atoms. The molecular formula is C15H21NO3. The molecule has 1 aromatic rings. The zero-order valence-electron chi connectivity index (χ0n) is 11.6. The van der Waals surface area contributed by atoms with Gasteiger partial charge in [0.05, 0.1) is 6.42 Å². The minimum absolute atomic E-state index is 0.0526. The number of hydrogen-bond donors (Lipinski definition) is 2. The van der Waals surface area contributed by atoms with Crippen LogP contribution in [0.1, 0.15) is 31.4 Å². The van der Waals surface area contributed by atoms with E-state index in [1.54, 1.807) is 6.92 Å². The van der Waals surface area contributed by atoms with Crippen molar-refractivity contribution < 1.29 is 14.7 Å². The number of aliphatic carboxylic acids is 1. The summed E-state index contributed by atoms with van der Waals surface area (Å²) in [6, 6.07) is 7.73. The van der Waals surface area contributed by atoms with Crippen molar-refractivity contribution in [2.24, 2.45) is 5.92 Å². The molecule has 1 rings (SSSR count). The standard InChI is InChI=1S/C15H21NO3/c1-10-4-6-13(7-5-10)8-11(2)15(19)16-12(3)9-14(17)18/h4-7,11-12H,8-9H2,1-3H3,(H,16,19)(H,17,18). The fourth-order valence-electron chi connectivity index (χ4n) is 1.87. The maximum Gasteiger partial charge on any atom is 0.305 e. The van der Waals surface area contributed by atoms with Crippen LogP contribution in [0, 0.1) is 12.8 Å². The van der Waals surface area contributed by atoms with Gasteiger partial charge in [-0.1, -0.05) is 36.8 Å². The Hall–Kier alpha value is -1.84. The van der Waals surface area contributed by atoms with Crippen molar-refractivity contribution in [1.29, 1.82) is 0 Å². The quantitative estimate of drug-likeness (QED) is 0.826. The first-order chi connectivity index (χ1) is 8.88. The maximum absolute atomic E-state index is 11.9. The summed E-state index contributed by atoms with van der Waals surface area (Å²) >= 11 is 0. The van der Waals surface area contributed by atoms with E-state index >= 15 is 0 Å². The zero-order chi connectivity index (χ0) is 14.4.